The van der Waals surface area contributed by atoms with Crippen molar-refractivity contribution in [3.05, 3.63) is 12.4 Å². The third-order valence-electron chi connectivity index (χ3n) is 3.61. The highest BCUT2D eigenvalue weighted by Gasteiger charge is 2.71. The topological polar surface area (TPSA) is 77.3 Å². The smallest absolute Gasteiger partial charge is 0.378 e. The lowest BCUT2D eigenvalue weighted by atomic mass is 9.96. The minimum absolute atomic E-state index is 0.224. The molecule has 2 aliphatic heterocycles. The zero-order valence-electron chi connectivity index (χ0n) is 10.8. The fourth-order valence-electron chi connectivity index (χ4n) is 2.68. The van der Waals surface area contributed by atoms with E-state index in [-0.39, 0.29) is 11.3 Å². The normalized spacial score (nSPS) is 33.5. The summed E-state index contributed by atoms with van der Waals surface area (Å²) in [6.07, 6.45) is 3.25. The summed E-state index contributed by atoms with van der Waals surface area (Å²) < 4.78 is 4.52. The van der Waals surface area contributed by atoms with Crippen LogP contribution < -0.4 is 0 Å². The Labute approximate surface area is 142 Å². The number of nitrogens with zero attached hydrogens (tertiary/aromatic N) is 4. The van der Waals surface area contributed by atoms with Crippen molar-refractivity contribution >= 4 is 63.5 Å². The van der Waals surface area contributed by atoms with Gasteiger partial charge in [0.15, 0.2) is 3.23 Å². The second-order valence-electron chi connectivity index (χ2n) is 5.06. The largest absolute Gasteiger partial charge is 0.542 e. The first kappa shape index (κ1) is 15.4. The highest BCUT2D eigenvalue weighted by molar-refractivity contribution is 9.26. The maximum absolute atomic E-state index is 12.2. The van der Waals surface area contributed by atoms with E-state index in [9.17, 15) is 9.59 Å². The van der Waals surface area contributed by atoms with Gasteiger partial charge in [-0.05, 0) is 6.92 Å². The van der Waals surface area contributed by atoms with E-state index in [1.54, 1.807) is 17.1 Å². The molecule has 2 unspecified atom stereocenters. The van der Waals surface area contributed by atoms with E-state index in [4.69, 9.17) is 8.05 Å². The summed E-state index contributed by atoms with van der Waals surface area (Å²) in [7, 11) is 5.04. The molecule has 3 atom stereocenters. The summed E-state index contributed by atoms with van der Waals surface area (Å²) >= 11 is 8.19. The van der Waals surface area contributed by atoms with Crippen LogP contribution >= 0.6 is 43.6 Å². The molecule has 0 spiro atoms. The predicted octanol–water partition coefficient (Wildman–Crippen LogP) is 0.433. The molecule has 11 heteroatoms. The summed E-state index contributed by atoms with van der Waals surface area (Å²) in [6.45, 7) is 2.27. The van der Waals surface area contributed by atoms with Crippen molar-refractivity contribution in [3.8, 4) is 0 Å². The van der Waals surface area contributed by atoms with E-state index in [0.717, 1.165) is 0 Å². The first-order valence-corrected chi connectivity index (χ1v) is 8.41. The van der Waals surface area contributed by atoms with Crippen molar-refractivity contribution in [3.63, 3.8) is 0 Å². The van der Waals surface area contributed by atoms with Gasteiger partial charge in [0.1, 0.15) is 11.4 Å². The number of alkyl halides is 2. The van der Waals surface area contributed by atoms with Gasteiger partial charge in [-0.2, -0.15) is 0 Å². The number of amides is 1. The number of hydrogen-bond acceptors (Lipinski definition) is 6. The van der Waals surface area contributed by atoms with Crippen molar-refractivity contribution in [2.45, 2.75) is 32.9 Å². The van der Waals surface area contributed by atoms with Crippen molar-refractivity contribution in [2.75, 3.05) is 0 Å². The number of hydrogen-bond donors (Lipinski definition) is 0. The molecule has 7 nitrogen and oxygen atoms in total. The van der Waals surface area contributed by atoms with Crippen LogP contribution in [0.4, 0.5) is 0 Å². The molecule has 1 aromatic heterocycles. The van der Waals surface area contributed by atoms with Crippen LogP contribution in [0, 0.1) is 0 Å². The summed E-state index contributed by atoms with van der Waals surface area (Å²) in [6, 6.07) is -0.780. The molecule has 3 heterocycles. The van der Waals surface area contributed by atoms with Crippen LogP contribution in [0.3, 0.4) is 0 Å². The third kappa shape index (κ3) is 2.15. The number of halogens is 2. The van der Waals surface area contributed by atoms with Gasteiger partial charge < -0.3 is 9.55 Å². The molecule has 0 saturated carbocycles. The average molecular weight is 436 g/mol. The molecule has 0 aliphatic carbocycles. The van der Waals surface area contributed by atoms with Crippen LogP contribution in [0.2, 0.25) is 0 Å². The molecule has 1 amide bonds. The molecule has 2 aliphatic rings. The molecule has 2 fully saturated rings. The molecular formula is C10H9BBr2N4O3S. The molecule has 3 rings (SSSR count). The molecule has 21 heavy (non-hydrogen) atoms. The van der Waals surface area contributed by atoms with Gasteiger partial charge in [-0.3, -0.25) is 14.3 Å². The van der Waals surface area contributed by atoms with E-state index in [0.29, 0.717) is 6.54 Å². The minimum Gasteiger partial charge on any atom is -0.542 e. The summed E-state index contributed by atoms with van der Waals surface area (Å²) in [4.78, 5) is 25.8. The Morgan fingerprint density at radius 2 is 2.33 bits per heavy atom. The van der Waals surface area contributed by atoms with Gasteiger partial charge in [0, 0.05) is 6.20 Å². The summed E-state index contributed by atoms with van der Waals surface area (Å²) in [5.41, 5.74) is 0. The SMILES string of the molecule is [B]OC(=O)C1N2C(=O)C(Br)(Br)C2S[C@@]1(C)Cn1ccnn1. The summed E-state index contributed by atoms with van der Waals surface area (Å²) in [5.74, 6) is -0.866. The van der Waals surface area contributed by atoms with Gasteiger partial charge in [0.2, 0.25) is 0 Å². The first-order valence-electron chi connectivity index (χ1n) is 5.94. The zero-order chi connectivity index (χ0) is 15.4. The monoisotopic (exact) mass is 434 g/mol. The van der Waals surface area contributed by atoms with Crippen LogP contribution in [0.5, 0.6) is 0 Å². The van der Waals surface area contributed by atoms with Crippen LogP contribution in [0.1, 0.15) is 6.92 Å². The van der Waals surface area contributed by atoms with Crippen molar-refractivity contribution in [1.29, 1.82) is 0 Å². The second-order valence-corrected chi connectivity index (χ2v) is 10.2. The molecule has 2 saturated heterocycles. The van der Waals surface area contributed by atoms with Gasteiger partial charge in [-0.15, -0.1) is 16.9 Å². The number of carbonyl (C=O) groups excluding carboxylic acids is 2. The van der Waals surface area contributed by atoms with Crippen LogP contribution in [0.25, 0.3) is 0 Å². The van der Waals surface area contributed by atoms with Crippen LogP contribution in [0.15, 0.2) is 12.4 Å². The number of rotatable bonds is 3. The Balaban J connectivity index is 1.95. The molecule has 1 aromatic rings. The third-order valence-corrected chi connectivity index (χ3v) is 7.45. The maximum atomic E-state index is 12.2. The second kappa shape index (κ2) is 4.99. The average Bonchev–Trinajstić information content (AvgIpc) is 3.03. The Kier molecular flexibility index (Phi) is 3.65. The zero-order valence-corrected chi connectivity index (χ0v) is 14.8. The van der Waals surface area contributed by atoms with E-state index in [2.05, 4.69) is 46.8 Å². The molecular weight excluding hydrogens is 427 g/mol. The van der Waals surface area contributed by atoms with Crippen LogP contribution in [-0.4, -0.2) is 59.2 Å². The molecule has 110 valence electrons. The lowest BCUT2D eigenvalue weighted by Gasteiger charge is -2.46. The van der Waals surface area contributed by atoms with Gasteiger partial charge in [0.25, 0.3) is 5.91 Å². The Morgan fingerprint density at radius 3 is 2.90 bits per heavy atom. The number of aromatic nitrogens is 3. The van der Waals surface area contributed by atoms with Gasteiger partial charge >= 0.3 is 14.0 Å². The van der Waals surface area contributed by atoms with Crippen LogP contribution in [-0.2, 0) is 20.8 Å². The molecule has 0 aromatic carbocycles. The molecule has 0 bridgehead atoms. The van der Waals surface area contributed by atoms with Gasteiger partial charge in [-0.1, -0.05) is 37.1 Å². The van der Waals surface area contributed by atoms with E-state index >= 15 is 0 Å². The predicted molar refractivity (Wildman–Crippen MR) is 82.9 cm³/mol. The lowest BCUT2D eigenvalue weighted by molar-refractivity contribution is -0.155. The lowest BCUT2D eigenvalue weighted by Crippen LogP contribution is -2.68. The Morgan fingerprint density at radius 1 is 1.62 bits per heavy atom. The van der Waals surface area contributed by atoms with E-state index < -0.39 is 20.0 Å². The minimum atomic E-state index is -0.863. The quantitative estimate of drug-likeness (QED) is 0.389. The summed E-state index contributed by atoms with van der Waals surface area (Å²) in [5, 5.41) is 7.43. The van der Waals surface area contributed by atoms with Crippen molar-refractivity contribution in [1.82, 2.24) is 19.9 Å². The molecule has 2 radical (unpaired) electrons. The number of β-lactam (4-membered cyclic amide) rings is 1. The van der Waals surface area contributed by atoms with Crippen molar-refractivity contribution in [2.24, 2.45) is 0 Å². The maximum Gasteiger partial charge on any atom is 0.378 e. The highest BCUT2D eigenvalue weighted by atomic mass is 79.9. The number of carbonyl (C=O) groups is 2. The fraction of sp³-hybridized carbons (Fsp3) is 0.600. The fourth-order valence-corrected chi connectivity index (χ4v) is 5.73. The van der Waals surface area contributed by atoms with Gasteiger partial charge in [-0.25, -0.2) is 0 Å². The van der Waals surface area contributed by atoms with E-state index in [1.165, 1.54) is 16.7 Å². The molecule has 0 N–H and O–H groups in total. The van der Waals surface area contributed by atoms with Gasteiger partial charge in [0.05, 0.1) is 17.5 Å². The highest BCUT2D eigenvalue weighted by Crippen LogP contribution is 2.60. The first-order chi connectivity index (χ1) is 9.81. The standard InChI is InChI=1S/C10H9BBr2N4O3S/c1-9(4-16-3-2-14-15-16)5(6(18)20-11)17-7(19)10(12,13)8(17)21-9/h2-3,5,8H,4H2,1H3/t5?,8?,9-/m0/s1. The number of fused-ring (bicyclic) bond motifs is 1. The Hall–Kier alpha value is -0.545. The van der Waals surface area contributed by atoms with E-state index in [1.807, 2.05) is 6.92 Å². The number of thioether (sulfide) groups is 1. The Bertz CT molecular complexity index is 601. The van der Waals surface area contributed by atoms with Crippen molar-refractivity contribution < 1.29 is 14.2 Å².